The highest BCUT2D eigenvalue weighted by molar-refractivity contribution is 7.80. The Hall–Kier alpha value is -3.09. The monoisotopic (exact) mass is 534 g/mol. The molecule has 4 unspecified atom stereocenters. The molecule has 1 heterocycles. The minimum absolute atomic E-state index is 0.105. The number of rotatable bonds is 15. The van der Waals surface area contributed by atoms with Crippen LogP contribution in [0.1, 0.15) is 38.7 Å². The van der Waals surface area contributed by atoms with Gasteiger partial charge in [0.15, 0.2) is 0 Å². The molecule has 204 valence electrons. The molecule has 0 fully saturated rings. The van der Waals surface area contributed by atoms with Crippen LogP contribution < -0.4 is 27.4 Å². The van der Waals surface area contributed by atoms with Crippen molar-refractivity contribution in [2.75, 3.05) is 12.3 Å². The van der Waals surface area contributed by atoms with Crippen LogP contribution in [0.25, 0.3) is 10.9 Å². The van der Waals surface area contributed by atoms with Crippen LogP contribution in [0.5, 0.6) is 0 Å². The first-order chi connectivity index (χ1) is 17.6. The fraction of sp³-hybridized carbons (Fsp3) is 0.520. The molecule has 0 aliphatic rings. The van der Waals surface area contributed by atoms with Crippen molar-refractivity contribution in [3.8, 4) is 0 Å². The highest BCUT2D eigenvalue weighted by Crippen LogP contribution is 2.19. The third kappa shape index (κ3) is 8.76. The lowest BCUT2D eigenvalue weighted by Gasteiger charge is -2.27. The number of amides is 3. The number of para-hydroxylation sites is 1. The number of carboxylic acids is 1. The van der Waals surface area contributed by atoms with Gasteiger partial charge < -0.3 is 37.5 Å². The molecule has 0 radical (unpaired) electrons. The summed E-state index contributed by atoms with van der Waals surface area (Å²) in [4.78, 5) is 53.3. The fourth-order valence-corrected chi connectivity index (χ4v) is 4.15. The molecule has 37 heavy (non-hydrogen) atoms. The SMILES string of the molecule is CC(C)C(NC(=O)C(CCCCN)NC(=O)C(N)Cc1c[nH]c2ccccc12)C(=O)NC(CS)C(=O)O. The normalized spacial score (nSPS) is 14.5. The van der Waals surface area contributed by atoms with E-state index < -0.39 is 47.9 Å². The van der Waals surface area contributed by atoms with Gasteiger partial charge in [-0.05, 0) is 49.8 Å². The van der Waals surface area contributed by atoms with E-state index in [1.807, 2.05) is 30.5 Å². The lowest BCUT2D eigenvalue weighted by atomic mass is 10.0. The number of nitrogens with two attached hydrogens (primary N) is 2. The van der Waals surface area contributed by atoms with Crippen LogP contribution in [-0.4, -0.2) is 70.2 Å². The molecule has 3 amide bonds. The average molecular weight is 535 g/mol. The standard InChI is InChI=1S/C25H38N6O5S/c1-14(2)21(24(34)30-20(13-37)25(35)36)31-23(33)19(9-5-6-10-26)29-22(32)17(27)11-15-12-28-18-8-4-3-7-16(15)18/h3-4,7-8,12,14,17,19-21,28,37H,5-6,9-11,13,26-27H2,1-2H3,(H,29,32)(H,30,34)(H,31,33)(H,35,36). The van der Waals surface area contributed by atoms with E-state index in [2.05, 4.69) is 33.6 Å². The van der Waals surface area contributed by atoms with E-state index >= 15 is 0 Å². The third-order valence-corrected chi connectivity index (χ3v) is 6.44. The Bertz CT molecular complexity index is 1070. The van der Waals surface area contributed by atoms with Gasteiger partial charge in [0.1, 0.15) is 18.1 Å². The first kappa shape index (κ1) is 30.1. The minimum Gasteiger partial charge on any atom is -0.480 e. The lowest BCUT2D eigenvalue weighted by molar-refractivity contribution is -0.142. The van der Waals surface area contributed by atoms with Gasteiger partial charge in [-0.15, -0.1) is 0 Å². The molecule has 0 aliphatic heterocycles. The van der Waals surface area contributed by atoms with Gasteiger partial charge in [0.25, 0.3) is 0 Å². The number of aromatic amines is 1. The highest BCUT2D eigenvalue weighted by Gasteiger charge is 2.31. The maximum atomic E-state index is 13.2. The van der Waals surface area contributed by atoms with Crippen LogP contribution in [0.3, 0.4) is 0 Å². The summed E-state index contributed by atoms with van der Waals surface area (Å²) in [6, 6.07) is 3.62. The van der Waals surface area contributed by atoms with Crippen LogP contribution in [0.4, 0.5) is 0 Å². The topological polar surface area (TPSA) is 192 Å². The number of hydrogen-bond acceptors (Lipinski definition) is 7. The summed E-state index contributed by atoms with van der Waals surface area (Å²) >= 11 is 3.95. The van der Waals surface area contributed by atoms with Crippen molar-refractivity contribution in [2.24, 2.45) is 17.4 Å². The van der Waals surface area contributed by atoms with E-state index in [0.29, 0.717) is 25.8 Å². The van der Waals surface area contributed by atoms with Gasteiger partial charge in [-0.2, -0.15) is 12.6 Å². The van der Waals surface area contributed by atoms with Crippen molar-refractivity contribution in [3.05, 3.63) is 36.0 Å². The van der Waals surface area contributed by atoms with Crippen LogP contribution in [0.2, 0.25) is 0 Å². The summed E-state index contributed by atoms with van der Waals surface area (Å²) in [5, 5.41) is 18.0. The number of aromatic nitrogens is 1. The minimum atomic E-state index is -1.23. The number of fused-ring (bicyclic) bond motifs is 1. The Morgan fingerprint density at radius 1 is 1.00 bits per heavy atom. The largest absolute Gasteiger partial charge is 0.480 e. The van der Waals surface area contributed by atoms with Gasteiger partial charge in [0, 0.05) is 22.9 Å². The summed E-state index contributed by atoms with van der Waals surface area (Å²) in [6.07, 6.45) is 3.60. The first-order valence-electron chi connectivity index (χ1n) is 12.3. The number of benzene rings is 1. The number of nitrogens with one attached hydrogen (secondary N) is 4. The van der Waals surface area contributed by atoms with E-state index in [-0.39, 0.29) is 18.1 Å². The second kappa shape index (κ2) is 14.6. The van der Waals surface area contributed by atoms with Gasteiger partial charge in [-0.3, -0.25) is 14.4 Å². The number of unbranched alkanes of at least 4 members (excludes halogenated alkanes) is 1. The van der Waals surface area contributed by atoms with E-state index in [9.17, 15) is 24.3 Å². The molecule has 2 rings (SSSR count). The predicted octanol–water partition coefficient (Wildman–Crippen LogP) is 0.292. The molecule has 2 aromatic rings. The maximum Gasteiger partial charge on any atom is 0.327 e. The molecule has 0 bridgehead atoms. The number of carbonyl (C=O) groups is 4. The Morgan fingerprint density at radius 2 is 1.68 bits per heavy atom. The highest BCUT2D eigenvalue weighted by atomic mass is 32.1. The zero-order valence-electron chi connectivity index (χ0n) is 21.2. The summed E-state index contributed by atoms with van der Waals surface area (Å²) in [5.74, 6) is -3.38. The number of carboxylic acid groups (broad SMARTS) is 1. The van der Waals surface area contributed by atoms with Crippen LogP contribution in [0, 0.1) is 5.92 Å². The van der Waals surface area contributed by atoms with Gasteiger partial charge in [0.2, 0.25) is 17.7 Å². The van der Waals surface area contributed by atoms with Gasteiger partial charge in [0.05, 0.1) is 6.04 Å². The lowest BCUT2D eigenvalue weighted by Crippen LogP contribution is -2.58. The van der Waals surface area contributed by atoms with Crippen molar-refractivity contribution in [1.82, 2.24) is 20.9 Å². The number of carbonyl (C=O) groups excluding carboxylic acids is 3. The van der Waals surface area contributed by atoms with Gasteiger partial charge >= 0.3 is 5.97 Å². The molecule has 1 aromatic carbocycles. The smallest absolute Gasteiger partial charge is 0.327 e. The van der Waals surface area contributed by atoms with E-state index in [1.165, 1.54) is 0 Å². The van der Waals surface area contributed by atoms with Gasteiger partial charge in [-0.1, -0.05) is 32.0 Å². The molecule has 9 N–H and O–H groups in total. The summed E-state index contributed by atoms with van der Waals surface area (Å²) in [6.45, 7) is 3.87. The molecule has 11 nitrogen and oxygen atoms in total. The Kier molecular flexibility index (Phi) is 11.9. The number of hydrogen-bond donors (Lipinski definition) is 8. The van der Waals surface area contributed by atoms with E-state index in [0.717, 1.165) is 16.5 Å². The summed E-state index contributed by atoms with van der Waals surface area (Å²) in [7, 11) is 0. The second-order valence-corrected chi connectivity index (χ2v) is 9.69. The molecule has 12 heteroatoms. The molecule has 0 spiro atoms. The molecule has 4 atom stereocenters. The zero-order valence-corrected chi connectivity index (χ0v) is 22.1. The summed E-state index contributed by atoms with van der Waals surface area (Å²) in [5.41, 5.74) is 13.6. The second-order valence-electron chi connectivity index (χ2n) is 9.33. The molecule has 0 aliphatic carbocycles. The quantitative estimate of drug-likeness (QED) is 0.119. The van der Waals surface area contributed by atoms with E-state index in [4.69, 9.17) is 11.5 Å². The number of thiol groups is 1. The van der Waals surface area contributed by atoms with E-state index in [1.54, 1.807) is 13.8 Å². The van der Waals surface area contributed by atoms with Crippen molar-refractivity contribution in [1.29, 1.82) is 0 Å². The van der Waals surface area contributed by atoms with Crippen molar-refractivity contribution in [3.63, 3.8) is 0 Å². The molecular formula is C25H38N6O5S. The summed E-state index contributed by atoms with van der Waals surface area (Å²) < 4.78 is 0. The third-order valence-electron chi connectivity index (χ3n) is 6.08. The van der Waals surface area contributed by atoms with Crippen molar-refractivity contribution in [2.45, 2.75) is 63.7 Å². The van der Waals surface area contributed by atoms with Crippen LogP contribution in [-0.2, 0) is 25.6 Å². The van der Waals surface area contributed by atoms with Crippen molar-refractivity contribution >= 4 is 47.2 Å². The molecule has 0 saturated carbocycles. The number of aliphatic carboxylic acids is 1. The molecule has 1 aromatic heterocycles. The first-order valence-corrected chi connectivity index (χ1v) is 13.0. The van der Waals surface area contributed by atoms with Crippen LogP contribution >= 0.6 is 12.6 Å². The van der Waals surface area contributed by atoms with Gasteiger partial charge in [-0.25, -0.2) is 4.79 Å². The predicted molar refractivity (Wildman–Crippen MR) is 145 cm³/mol. The Labute approximate surface area is 221 Å². The van der Waals surface area contributed by atoms with Crippen molar-refractivity contribution < 1.29 is 24.3 Å². The maximum absolute atomic E-state index is 13.2. The zero-order chi connectivity index (χ0) is 27.5. The average Bonchev–Trinajstić information content (AvgIpc) is 3.27. The fourth-order valence-electron chi connectivity index (χ4n) is 3.91. The molecule has 0 saturated heterocycles. The molecular weight excluding hydrogens is 496 g/mol. The Balaban J connectivity index is 2.10. The van der Waals surface area contributed by atoms with Crippen LogP contribution in [0.15, 0.2) is 30.5 Å². The Morgan fingerprint density at radius 3 is 2.30 bits per heavy atom. The number of H-pyrrole nitrogens is 1.